The molecule has 0 fully saturated rings. The summed E-state index contributed by atoms with van der Waals surface area (Å²) in [6, 6.07) is 9.11. The van der Waals surface area contributed by atoms with Crippen LogP contribution in [0.4, 0.5) is 13.2 Å². The van der Waals surface area contributed by atoms with Gasteiger partial charge in [0.05, 0.1) is 39.5 Å². The Morgan fingerprint density at radius 2 is 1.44 bits per heavy atom. The van der Waals surface area contributed by atoms with Gasteiger partial charge in [-0.25, -0.2) is 0 Å². The summed E-state index contributed by atoms with van der Waals surface area (Å²) in [7, 11) is 5.87. The van der Waals surface area contributed by atoms with E-state index in [0.29, 0.717) is 43.5 Å². The third-order valence-electron chi connectivity index (χ3n) is 5.49. The largest absolute Gasteiger partial charge is 0.493 e. The maximum Gasteiger partial charge on any atom is 0.416 e. The lowest BCUT2D eigenvalue weighted by molar-refractivity contribution is -0.137. The smallest absolute Gasteiger partial charge is 0.416 e. The molecule has 0 saturated heterocycles. The average Bonchev–Trinajstić information content (AvgIpc) is 3.16. The summed E-state index contributed by atoms with van der Waals surface area (Å²) in [5.41, 5.74) is 0.0379. The second kappa shape index (κ2) is 8.75. The van der Waals surface area contributed by atoms with Crippen molar-refractivity contribution in [2.45, 2.75) is 6.18 Å². The number of benzene rings is 3. The van der Waals surface area contributed by atoms with Crippen molar-refractivity contribution in [3.05, 3.63) is 58.1 Å². The highest BCUT2D eigenvalue weighted by Crippen LogP contribution is 2.47. The molecule has 178 valence electrons. The van der Waals surface area contributed by atoms with E-state index in [9.17, 15) is 18.0 Å². The van der Waals surface area contributed by atoms with Crippen LogP contribution in [0, 0.1) is 0 Å². The first kappa shape index (κ1) is 23.7. The van der Waals surface area contributed by atoms with E-state index in [1.54, 1.807) is 18.2 Å². The Morgan fingerprint density at radius 1 is 0.853 bits per heavy atom. The third-order valence-corrected chi connectivity index (χ3v) is 6.12. The molecular weight excluding hydrogens is 519 g/mol. The monoisotopic (exact) mass is 537 g/mol. The van der Waals surface area contributed by atoms with Crippen molar-refractivity contribution in [3.8, 4) is 23.0 Å². The summed E-state index contributed by atoms with van der Waals surface area (Å²) in [5.74, 6) is 0.915. The second-order valence-electron chi connectivity index (χ2n) is 7.26. The SMILES string of the molecule is COc1cc2c3c(Br)cc(OC)c(OC)c3n(C(=O)c3ccc(C(F)(F)F)cc3)c2cc1OC. The van der Waals surface area contributed by atoms with Crippen LogP contribution in [0.1, 0.15) is 15.9 Å². The van der Waals surface area contributed by atoms with Gasteiger partial charge in [-0.05, 0) is 52.3 Å². The van der Waals surface area contributed by atoms with E-state index in [1.807, 2.05) is 0 Å². The number of aromatic nitrogens is 1. The summed E-state index contributed by atoms with van der Waals surface area (Å²) >= 11 is 3.55. The number of rotatable bonds is 5. The first-order valence-corrected chi connectivity index (χ1v) is 10.7. The molecular formula is C24H19BrF3NO5. The van der Waals surface area contributed by atoms with Crippen molar-refractivity contribution >= 4 is 43.6 Å². The Bertz CT molecular complexity index is 1410. The van der Waals surface area contributed by atoms with E-state index in [0.717, 1.165) is 24.3 Å². The molecule has 0 aliphatic rings. The van der Waals surface area contributed by atoms with Crippen molar-refractivity contribution in [1.29, 1.82) is 0 Å². The number of methoxy groups -OCH3 is 4. The van der Waals surface area contributed by atoms with Crippen LogP contribution >= 0.6 is 15.9 Å². The second-order valence-corrected chi connectivity index (χ2v) is 8.11. The molecule has 0 bridgehead atoms. The van der Waals surface area contributed by atoms with E-state index in [4.69, 9.17) is 18.9 Å². The van der Waals surface area contributed by atoms with Gasteiger partial charge in [0.25, 0.3) is 5.91 Å². The highest BCUT2D eigenvalue weighted by molar-refractivity contribution is 9.10. The molecule has 0 atom stereocenters. The van der Waals surface area contributed by atoms with Gasteiger partial charge in [-0.1, -0.05) is 0 Å². The van der Waals surface area contributed by atoms with Gasteiger partial charge in [0, 0.05) is 26.9 Å². The number of ether oxygens (including phenoxy) is 4. The predicted molar refractivity (Wildman–Crippen MR) is 125 cm³/mol. The van der Waals surface area contributed by atoms with Gasteiger partial charge < -0.3 is 18.9 Å². The summed E-state index contributed by atoms with van der Waals surface area (Å²) in [6.07, 6.45) is -4.51. The highest BCUT2D eigenvalue weighted by atomic mass is 79.9. The van der Waals surface area contributed by atoms with Crippen LogP contribution in [-0.4, -0.2) is 38.9 Å². The first-order valence-electron chi connectivity index (χ1n) is 9.88. The number of alkyl halides is 3. The van der Waals surface area contributed by atoms with Gasteiger partial charge in [0.1, 0.15) is 5.52 Å². The molecule has 0 N–H and O–H groups in total. The Labute approximate surface area is 200 Å². The summed E-state index contributed by atoms with van der Waals surface area (Å²) in [5, 5.41) is 1.27. The quantitative estimate of drug-likeness (QED) is 0.299. The molecule has 0 aliphatic heterocycles. The number of fused-ring (bicyclic) bond motifs is 3. The van der Waals surface area contributed by atoms with Crippen LogP contribution in [0.5, 0.6) is 23.0 Å². The van der Waals surface area contributed by atoms with E-state index in [-0.39, 0.29) is 11.3 Å². The van der Waals surface area contributed by atoms with Crippen molar-refractivity contribution in [2.75, 3.05) is 28.4 Å². The van der Waals surface area contributed by atoms with Gasteiger partial charge in [-0.2, -0.15) is 13.2 Å². The number of carbonyl (C=O) groups is 1. The molecule has 34 heavy (non-hydrogen) atoms. The lowest BCUT2D eigenvalue weighted by Crippen LogP contribution is -2.13. The Balaban J connectivity index is 2.11. The molecule has 0 saturated carbocycles. The van der Waals surface area contributed by atoms with Gasteiger partial charge >= 0.3 is 6.18 Å². The third kappa shape index (κ3) is 3.71. The molecule has 4 rings (SSSR count). The molecule has 10 heteroatoms. The Hall–Kier alpha value is -3.40. The molecule has 0 spiro atoms. The van der Waals surface area contributed by atoms with E-state index in [1.165, 1.54) is 33.0 Å². The fraction of sp³-hybridized carbons (Fsp3) is 0.208. The topological polar surface area (TPSA) is 58.9 Å². The van der Waals surface area contributed by atoms with Crippen LogP contribution in [-0.2, 0) is 6.18 Å². The molecule has 0 amide bonds. The molecule has 4 aromatic rings. The normalized spacial score (nSPS) is 11.6. The Morgan fingerprint density at radius 3 is 1.97 bits per heavy atom. The minimum absolute atomic E-state index is 0.0579. The van der Waals surface area contributed by atoms with Crippen molar-refractivity contribution in [2.24, 2.45) is 0 Å². The molecule has 1 heterocycles. The van der Waals surface area contributed by atoms with Crippen LogP contribution < -0.4 is 18.9 Å². The fourth-order valence-corrected chi connectivity index (χ4v) is 4.54. The zero-order valence-corrected chi connectivity index (χ0v) is 20.1. The van der Waals surface area contributed by atoms with Gasteiger partial charge in [-0.3, -0.25) is 9.36 Å². The number of hydrogen-bond donors (Lipinski definition) is 0. The summed E-state index contributed by atoms with van der Waals surface area (Å²) < 4.78 is 63.0. The number of nitrogens with zero attached hydrogens (tertiary/aromatic N) is 1. The number of carbonyl (C=O) groups excluding carboxylic acids is 1. The zero-order valence-electron chi connectivity index (χ0n) is 18.5. The van der Waals surface area contributed by atoms with E-state index in [2.05, 4.69) is 15.9 Å². The van der Waals surface area contributed by atoms with Crippen LogP contribution in [0.25, 0.3) is 21.8 Å². The molecule has 6 nitrogen and oxygen atoms in total. The number of hydrogen-bond acceptors (Lipinski definition) is 5. The minimum atomic E-state index is -4.51. The lowest BCUT2D eigenvalue weighted by Gasteiger charge is -2.14. The molecule has 0 unspecified atom stereocenters. The van der Waals surface area contributed by atoms with Gasteiger partial charge in [0.15, 0.2) is 23.0 Å². The van der Waals surface area contributed by atoms with Crippen LogP contribution in [0.15, 0.2) is 46.9 Å². The highest BCUT2D eigenvalue weighted by Gasteiger charge is 2.31. The van der Waals surface area contributed by atoms with Crippen molar-refractivity contribution in [3.63, 3.8) is 0 Å². The molecule has 3 aromatic carbocycles. The average molecular weight is 538 g/mol. The summed E-state index contributed by atoms with van der Waals surface area (Å²) in [6.45, 7) is 0. The van der Waals surface area contributed by atoms with Gasteiger partial charge in [0.2, 0.25) is 0 Å². The van der Waals surface area contributed by atoms with Crippen LogP contribution in [0.3, 0.4) is 0 Å². The lowest BCUT2D eigenvalue weighted by atomic mass is 10.1. The van der Waals surface area contributed by atoms with E-state index >= 15 is 0 Å². The van der Waals surface area contributed by atoms with Gasteiger partial charge in [-0.15, -0.1) is 0 Å². The maximum absolute atomic E-state index is 13.7. The standard InChI is InChI=1S/C24H19BrF3NO5/c1-31-17-9-14-16(11-18(17)32-2)29(21-20(14)15(25)10-19(33-3)22(21)34-4)23(30)12-5-7-13(8-6-12)24(26,27)28/h5-11H,1-4H3. The van der Waals surface area contributed by atoms with Crippen LogP contribution in [0.2, 0.25) is 0 Å². The fourth-order valence-electron chi connectivity index (χ4n) is 3.93. The number of halogens is 4. The minimum Gasteiger partial charge on any atom is -0.493 e. The predicted octanol–water partition coefficient (Wildman–Crippen LogP) is 6.30. The van der Waals surface area contributed by atoms with Crippen molar-refractivity contribution < 1.29 is 36.9 Å². The molecule has 0 radical (unpaired) electrons. The maximum atomic E-state index is 13.7. The van der Waals surface area contributed by atoms with Crippen molar-refractivity contribution in [1.82, 2.24) is 4.57 Å². The van der Waals surface area contributed by atoms with E-state index < -0.39 is 17.6 Å². The molecule has 0 aliphatic carbocycles. The molecule has 1 aromatic heterocycles. The first-order chi connectivity index (χ1) is 16.2. The Kier molecular flexibility index (Phi) is 6.11. The zero-order chi connectivity index (χ0) is 24.8. The summed E-state index contributed by atoms with van der Waals surface area (Å²) in [4.78, 5) is 13.7.